The van der Waals surface area contributed by atoms with Crippen molar-refractivity contribution in [1.82, 2.24) is 14.8 Å². The fraction of sp³-hybridized carbons (Fsp3) is 0.0870. The van der Waals surface area contributed by atoms with E-state index in [4.69, 9.17) is 0 Å². The summed E-state index contributed by atoms with van der Waals surface area (Å²) < 4.78 is 15.0. The Labute approximate surface area is 172 Å². The molecule has 150 valence electrons. The van der Waals surface area contributed by atoms with Gasteiger partial charge in [-0.2, -0.15) is 5.10 Å². The van der Waals surface area contributed by atoms with E-state index in [1.54, 1.807) is 60.5 Å². The Morgan fingerprint density at radius 1 is 1.00 bits per heavy atom. The first-order valence-corrected chi connectivity index (χ1v) is 9.32. The van der Waals surface area contributed by atoms with Gasteiger partial charge in [0, 0.05) is 25.0 Å². The average molecular weight is 402 g/mol. The molecule has 0 fully saturated rings. The molecule has 0 aliphatic carbocycles. The molecule has 0 aliphatic heterocycles. The van der Waals surface area contributed by atoms with Gasteiger partial charge in [0.2, 0.25) is 5.91 Å². The van der Waals surface area contributed by atoms with Crippen LogP contribution in [-0.2, 0) is 18.3 Å². The second-order valence-corrected chi connectivity index (χ2v) is 6.83. The van der Waals surface area contributed by atoms with Gasteiger partial charge in [0.1, 0.15) is 23.1 Å². The molecule has 30 heavy (non-hydrogen) atoms. The highest BCUT2D eigenvalue weighted by Gasteiger charge is 2.21. The highest BCUT2D eigenvalue weighted by molar-refractivity contribution is 5.99. The molecule has 2 aromatic carbocycles. The van der Waals surface area contributed by atoms with Gasteiger partial charge in [0.15, 0.2) is 0 Å². The third-order valence-corrected chi connectivity index (χ3v) is 4.69. The van der Waals surface area contributed by atoms with Crippen molar-refractivity contribution in [1.29, 1.82) is 0 Å². The van der Waals surface area contributed by atoms with Crippen LogP contribution in [0.25, 0.3) is 22.4 Å². The van der Waals surface area contributed by atoms with E-state index in [0.29, 0.717) is 11.5 Å². The zero-order chi connectivity index (χ0) is 21.1. The number of rotatable bonds is 5. The largest absolute Gasteiger partial charge is 0.508 e. The molecule has 0 bridgehead atoms. The molecule has 2 aromatic heterocycles. The number of anilines is 1. The lowest BCUT2D eigenvalue weighted by molar-refractivity contribution is -0.115. The van der Waals surface area contributed by atoms with Crippen LogP contribution >= 0.6 is 0 Å². The van der Waals surface area contributed by atoms with Gasteiger partial charge in [-0.05, 0) is 59.7 Å². The first kappa shape index (κ1) is 19.3. The summed E-state index contributed by atoms with van der Waals surface area (Å²) in [6.07, 6.45) is 3.48. The zero-order valence-corrected chi connectivity index (χ0v) is 16.2. The van der Waals surface area contributed by atoms with Crippen LogP contribution in [0.5, 0.6) is 5.75 Å². The average Bonchev–Trinajstić information content (AvgIpc) is 3.07. The molecular formula is C23H19FN4O2. The van der Waals surface area contributed by atoms with Crippen molar-refractivity contribution in [2.45, 2.75) is 6.42 Å². The molecule has 1 amide bonds. The fourth-order valence-corrected chi connectivity index (χ4v) is 3.24. The standard InChI is InChI=1S/C23H19FN4O2/c1-28-23(26-20(30)14-15-2-8-19(29)9-3-15)21(16-10-12-25-13-11-16)22(27-28)17-4-6-18(24)7-5-17/h2-13,29H,14H2,1H3,(H,26,30). The van der Waals surface area contributed by atoms with E-state index in [1.165, 1.54) is 12.1 Å². The second-order valence-electron chi connectivity index (χ2n) is 6.83. The molecule has 0 aliphatic rings. The number of hydrogen-bond acceptors (Lipinski definition) is 4. The normalized spacial score (nSPS) is 10.7. The number of amides is 1. The van der Waals surface area contributed by atoms with Crippen molar-refractivity contribution < 1.29 is 14.3 Å². The Hall–Kier alpha value is -4.00. The topological polar surface area (TPSA) is 80.0 Å². The minimum atomic E-state index is -0.331. The fourth-order valence-electron chi connectivity index (χ4n) is 3.24. The van der Waals surface area contributed by atoms with Gasteiger partial charge in [-0.25, -0.2) is 4.39 Å². The molecule has 0 spiro atoms. The van der Waals surface area contributed by atoms with Crippen LogP contribution in [0.15, 0.2) is 73.1 Å². The van der Waals surface area contributed by atoms with E-state index in [-0.39, 0.29) is 23.9 Å². The van der Waals surface area contributed by atoms with Gasteiger partial charge in [-0.15, -0.1) is 0 Å². The van der Waals surface area contributed by atoms with E-state index in [1.807, 2.05) is 12.1 Å². The molecule has 0 radical (unpaired) electrons. The Morgan fingerprint density at radius 3 is 2.33 bits per heavy atom. The van der Waals surface area contributed by atoms with Crippen molar-refractivity contribution in [2.75, 3.05) is 5.32 Å². The summed E-state index contributed by atoms with van der Waals surface area (Å²) in [6.45, 7) is 0. The Kier molecular flexibility index (Phi) is 5.26. The second kappa shape index (κ2) is 8.16. The zero-order valence-electron chi connectivity index (χ0n) is 16.2. The Morgan fingerprint density at radius 2 is 1.67 bits per heavy atom. The summed E-state index contributed by atoms with van der Waals surface area (Å²) in [5.74, 6) is 0.131. The Balaban J connectivity index is 1.72. The third-order valence-electron chi connectivity index (χ3n) is 4.69. The smallest absolute Gasteiger partial charge is 0.229 e. The number of carbonyl (C=O) groups is 1. The van der Waals surface area contributed by atoms with Gasteiger partial charge in [0.25, 0.3) is 0 Å². The number of aromatic hydroxyl groups is 1. The highest BCUT2D eigenvalue weighted by Crippen LogP contribution is 2.37. The highest BCUT2D eigenvalue weighted by atomic mass is 19.1. The molecule has 0 saturated heterocycles. The molecule has 2 N–H and O–H groups in total. The van der Waals surface area contributed by atoms with Crippen LogP contribution in [0.3, 0.4) is 0 Å². The van der Waals surface area contributed by atoms with Gasteiger partial charge < -0.3 is 10.4 Å². The predicted octanol–water partition coefficient (Wildman–Crippen LogP) is 4.18. The Bertz CT molecular complexity index is 1170. The number of halogens is 1. The van der Waals surface area contributed by atoms with Crippen LogP contribution in [0.2, 0.25) is 0 Å². The molecular weight excluding hydrogens is 383 g/mol. The predicted molar refractivity (Wildman–Crippen MR) is 112 cm³/mol. The van der Waals surface area contributed by atoms with E-state index < -0.39 is 0 Å². The third kappa shape index (κ3) is 4.05. The lowest BCUT2D eigenvalue weighted by Gasteiger charge is -2.10. The van der Waals surface area contributed by atoms with Crippen molar-refractivity contribution in [3.63, 3.8) is 0 Å². The number of carbonyl (C=O) groups excluding carboxylic acids is 1. The van der Waals surface area contributed by atoms with Crippen LogP contribution in [0.4, 0.5) is 10.2 Å². The quantitative estimate of drug-likeness (QED) is 0.525. The lowest BCUT2D eigenvalue weighted by Crippen LogP contribution is -2.17. The van der Waals surface area contributed by atoms with Gasteiger partial charge in [-0.3, -0.25) is 14.5 Å². The maximum absolute atomic E-state index is 13.4. The number of phenols is 1. The van der Waals surface area contributed by atoms with Gasteiger partial charge >= 0.3 is 0 Å². The lowest BCUT2D eigenvalue weighted by atomic mass is 10.0. The minimum absolute atomic E-state index is 0.146. The van der Waals surface area contributed by atoms with E-state index in [2.05, 4.69) is 15.4 Å². The molecule has 0 atom stereocenters. The summed E-state index contributed by atoms with van der Waals surface area (Å²) >= 11 is 0. The number of phenolic OH excluding ortho intramolecular Hbond substituents is 1. The number of nitrogens with one attached hydrogen (secondary N) is 1. The number of aryl methyl sites for hydroxylation is 1. The molecule has 4 rings (SSSR count). The monoisotopic (exact) mass is 402 g/mol. The number of aromatic nitrogens is 3. The van der Waals surface area contributed by atoms with Crippen molar-refractivity contribution >= 4 is 11.7 Å². The van der Waals surface area contributed by atoms with Gasteiger partial charge in [0.05, 0.1) is 12.0 Å². The molecule has 7 heteroatoms. The SMILES string of the molecule is Cn1nc(-c2ccc(F)cc2)c(-c2ccncc2)c1NC(=O)Cc1ccc(O)cc1. The van der Waals surface area contributed by atoms with Crippen LogP contribution in [0, 0.1) is 5.82 Å². The molecule has 4 aromatic rings. The van der Waals surface area contributed by atoms with Crippen molar-refractivity contribution in [3.8, 4) is 28.1 Å². The summed E-state index contributed by atoms with van der Waals surface area (Å²) in [5.41, 5.74) is 3.70. The summed E-state index contributed by atoms with van der Waals surface area (Å²) in [6, 6.07) is 16.2. The first-order valence-electron chi connectivity index (χ1n) is 9.32. The van der Waals surface area contributed by atoms with Crippen molar-refractivity contribution in [3.05, 3.63) is 84.4 Å². The van der Waals surface area contributed by atoms with Crippen LogP contribution in [-0.4, -0.2) is 25.8 Å². The number of benzene rings is 2. The summed E-state index contributed by atoms with van der Waals surface area (Å²) in [7, 11) is 1.74. The molecule has 0 unspecified atom stereocenters. The van der Waals surface area contributed by atoms with Crippen LogP contribution in [0.1, 0.15) is 5.56 Å². The van der Waals surface area contributed by atoms with Crippen LogP contribution < -0.4 is 5.32 Å². The van der Waals surface area contributed by atoms with Crippen molar-refractivity contribution in [2.24, 2.45) is 7.05 Å². The number of pyridine rings is 1. The molecule has 2 heterocycles. The number of nitrogens with zero attached hydrogens (tertiary/aromatic N) is 3. The summed E-state index contributed by atoms with van der Waals surface area (Å²) in [4.78, 5) is 16.8. The summed E-state index contributed by atoms with van der Waals surface area (Å²) in [5, 5.41) is 16.9. The van der Waals surface area contributed by atoms with E-state index in [9.17, 15) is 14.3 Å². The van der Waals surface area contributed by atoms with E-state index >= 15 is 0 Å². The maximum Gasteiger partial charge on any atom is 0.229 e. The van der Waals surface area contributed by atoms with E-state index in [0.717, 1.165) is 22.3 Å². The molecule has 6 nitrogen and oxygen atoms in total. The first-order chi connectivity index (χ1) is 14.5. The van der Waals surface area contributed by atoms with Gasteiger partial charge in [-0.1, -0.05) is 12.1 Å². The number of hydrogen-bond donors (Lipinski definition) is 2. The molecule has 0 saturated carbocycles. The maximum atomic E-state index is 13.4. The minimum Gasteiger partial charge on any atom is -0.508 e.